The molecule has 0 saturated carbocycles. The van der Waals surface area contributed by atoms with E-state index in [0.29, 0.717) is 20.5 Å². The molecular formula is C13H16N4SSe. The summed E-state index contributed by atoms with van der Waals surface area (Å²) in [4.78, 5) is 7.32. The van der Waals surface area contributed by atoms with Crippen LogP contribution in [-0.4, -0.2) is 61.8 Å². The summed E-state index contributed by atoms with van der Waals surface area (Å²) < 4.78 is 1.37. The van der Waals surface area contributed by atoms with Crippen molar-refractivity contribution in [2.24, 2.45) is 0 Å². The molecule has 3 saturated heterocycles. The standard InChI is InChI=1S/C13H16N4SSe/c1-2-11(19-9-1)12-14-15-13(18-12)17-8-7-16-5-3-10(17)4-6-16/h1-2,9-10H,3-8H2. The molecule has 2 aromatic rings. The van der Waals surface area contributed by atoms with Crippen molar-refractivity contribution in [2.45, 2.75) is 18.9 Å². The Kier molecular flexibility index (Phi) is 3.19. The Balaban J connectivity index is 1.62. The molecule has 6 heteroatoms. The van der Waals surface area contributed by atoms with E-state index < -0.39 is 0 Å². The van der Waals surface area contributed by atoms with Crippen molar-refractivity contribution in [3.63, 3.8) is 0 Å². The van der Waals surface area contributed by atoms with E-state index in [1.54, 1.807) is 11.3 Å². The van der Waals surface area contributed by atoms with Gasteiger partial charge in [0.25, 0.3) is 0 Å². The van der Waals surface area contributed by atoms with Gasteiger partial charge >= 0.3 is 123 Å². The van der Waals surface area contributed by atoms with Gasteiger partial charge in [-0.3, -0.25) is 0 Å². The number of rotatable bonds is 2. The average molecular weight is 339 g/mol. The van der Waals surface area contributed by atoms with Gasteiger partial charge < -0.3 is 0 Å². The van der Waals surface area contributed by atoms with Gasteiger partial charge in [-0.05, 0) is 0 Å². The molecule has 0 N–H and O–H groups in total. The van der Waals surface area contributed by atoms with Crippen LogP contribution in [0.4, 0.5) is 5.13 Å². The van der Waals surface area contributed by atoms with Crippen LogP contribution in [0, 0.1) is 0 Å². The molecule has 4 nitrogen and oxygen atoms in total. The summed E-state index contributed by atoms with van der Waals surface area (Å²) in [5.41, 5.74) is 0. The Morgan fingerprint density at radius 2 is 2.05 bits per heavy atom. The van der Waals surface area contributed by atoms with E-state index in [0.717, 1.165) is 16.7 Å². The van der Waals surface area contributed by atoms with Gasteiger partial charge in [0.1, 0.15) is 0 Å². The number of fused-ring (bicyclic) bond motifs is 4. The van der Waals surface area contributed by atoms with Crippen LogP contribution in [0.1, 0.15) is 12.8 Å². The monoisotopic (exact) mass is 340 g/mol. The van der Waals surface area contributed by atoms with Crippen LogP contribution in [0.5, 0.6) is 0 Å². The van der Waals surface area contributed by atoms with E-state index in [4.69, 9.17) is 0 Å². The molecule has 0 amide bonds. The Bertz CT molecular complexity index is 545. The topological polar surface area (TPSA) is 32.3 Å². The normalized spacial score (nSPS) is 26.6. The fraction of sp³-hybridized carbons (Fsp3) is 0.538. The summed E-state index contributed by atoms with van der Waals surface area (Å²) in [5.74, 6) is 0. The molecule has 0 atom stereocenters. The average Bonchev–Trinajstić information content (AvgIpc) is 3.05. The predicted octanol–water partition coefficient (Wildman–Crippen LogP) is 1.55. The third kappa shape index (κ3) is 2.27. The maximum absolute atomic E-state index is 4.46. The first-order valence-corrected chi connectivity index (χ1v) is 9.43. The second kappa shape index (κ2) is 5.02. The van der Waals surface area contributed by atoms with E-state index in [2.05, 4.69) is 37.1 Å². The van der Waals surface area contributed by atoms with E-state index in [-0.39, 0.29) is 0 Å². The van der Waals surface area contributed by atoms with Crippen molar-refractivity contribution < 1.29 is 0 Å². The van der Waals surface area contributed by atoms with Gasteiger partial charge in [-0.15, -0.1) is 0 Å². The van der Waals surface area contributed by atoms with E-state index >= 15 is 0 Å². The predicted molar refractivity (Wildman–Crippen MR) is 79.1 cm³/mol. The zero-order valence-electron chi connectivity index (χ0n) is 10.7. The molecule has 5 rings (SSSR count). The molecule has 0 radical (unpaired) electrons. The Morgan fingerprint density at radius 3 is 2.84 bits per heavy atom. The summed E-state index contributed by atoms with van der Waals surface area (Å²) >= 11 is 2.23. The van der Waals surface area contributed by atoms with Gasteiger partial charge in [-0.1, -0.05) is 0 Å². The third-order valence-electron chi connectivity index (χ3n) is 4.05. The van der Waals surface area contributed by atoms with Gasteiger partial charge in [0.15, 0.2) is 0 Å². The second-order valence-corrected chi connectivity index (χ2v) is 8.08. The van der Waals surface area contributed by atoms with Crippen molar-refractivity contribution in [1.82, 2.24) is 15.1 Å². The molecular weight excluding hydrogens is 323 g/mol. The molecule has 0 aliphatic carbocycles. The Hall–Kier alpha value is -0.681. The van der Waals surface area contributed by atoms with Crippen molar-refractivity contribution in [3.05, 3.63) is 17.1 Å². The number of anilines is 1. The van der Waals surface area contributed by atoms with Crippen LogP contribution in [0.15, 0.2) is 17.1 Å². The molecule has 0 aromatic carbocycles. The summed E-state index contributed by atoms with van der Waals surface area (Å²) in [6, 6.07) is 5.00. The maximum atomic E-state index is 4.46. The minimum atomic E-state index is 0.458. The first-order valence-electron chi connectivity index (χ1n) is 6.76. The molecule has 0 spiro atoms. The summed E-state index contributed by atoms with van der Waals surface area (Å²) in [6.45, 7) is 4.80. The minimum absolute atomic E-state index is 0.458. The first-order chi connectivity index (χ1) is 9.40. The molecule has 2 aromatic heterocycles. The van der Waals surface area contributed by atoms with Crippen LogP contribution < -0.4 is 4.90 Å². The second-order valence-electron chi connectivity index (χ2n) is 5.13. The molecule has 2 bridgehead atoms. The van der Waals surface area contributed by atoms with Gasteiger partial charge in [0.05, 0.1) is 0 Å². The van der Waals surface area contributed by atoms with E-state index in [1.165, 1.54) is 36.9 Å². The number of piperidine rings is 1. The van der Waals surface area contributed by atoms with Crippen LogP contribution >= 0.6 is 11.3 Å². The van der Waals surface area contributed by atoms with Crippen molar-refractivity contribution in [1.29, 1.82) is 0 Å². The summed E-state index contributed by atoms with van der Waals surface area (Å²) in [7, 11) is 0. The third-order valence-corrected chi connectivity index (χ3v) is 7.17. The molecule has 0 unspecified atom stereocenters. The summed E-state index contributed by atoms with van der Waals surface area (Å²) in [5, 5.41) is 11.1. The van der Waals surface area contributed by atoms with E-state index in [9.17, 15) is 0 Å². The van der Waals surface area contributed by atoms with Gasteiger partial charge in [0, 0.05) is 0 Å². The van der Waals surface area contributed by atoms with Crippen LogP contribution in [-0.2, 0) is 0 Å². The van der Waals surface area contributed by atoms with Crippen LogP contribution in [0.25, 0.3) is 9.44 Å². The van der Waals surface area contributed by atoms with Gasteiger partial charge in [-0.2, -0.15) is 0 Å². The molecule has 3 aliphatic heterocycles. The number of nitrogens with zero attached hydrogens (tertiary/aromatic N) is 4. The Labute approximate surface area is 122 Å². The molecule has 19 heavy (non-hydrogen) atoms. The Morgan fingerprint density at radius 1 is 1.16 bits per heavy atom. The van der Waals surface area contributed by atoms with Crippen molar-refractivity contribution in [3.8, 4) is 9.44 Å². The number of hydrogen-bond donors (Lipinski definition) is 0. The number of aromatic nitrogens is 2. The fourth-order valence-corrected chi connectivity index (χ4v) is 5.61. The zero-order chi connectivity index (χ0) is 12.7. The molecule has 3 aliphatic rings. The van der Waals surface area contributed by atoms with Crippen LogP contribution in [0.3, 0.4) is 0 Å². The van der Waals surface area contributed by atoms with Crippen molar-refractivity contribution in [2.75, 3.05) is 31.1 Å². The van der Waals surface area contributed by atoms with Gasteiger partial charge in [-0.25, -0.2) is 0 Å². The SMILES string of the molecule is c1c[se]c(-c2nnc(N3CCN4CCC3CC4)s2)c1. The van der Waals surface area contributed by atoms with Gasteiger partial charge in [0.2, 0.25) is 0 Å². The fourth-order valence-electron chi connectivity index (χ4n) is 2.97. The molecule has 100 valence electrons. The zero-order valence-corrected chi connectivity index (χ0v) is 13.2. The van der Waals surface area contributed by atoms with Crippen LogP contribution in [0.2, 0.25) is 0 Å². The summed E-state index contributed by atoms with van der Waals surface area (Å²) in [6.07, 6.45) is 2.56. The first kappa shape index (κ1) is 12.1. The molecule has 3 fully saturated rings. The quantitative estimate of drug-likeness (QED) is 0.777. The van der Waals surface area contributed by atoms with Crippen molar-refractivity contribution >= 4 is 31.0 Å². The molecule has 5 heterocycles. The number of hydrogen-bond acceptors (Lipinski definition) is 5. The van der Waals surface area contributed by atoms with E-state index in [1.807, 2.05) is 0 Å².